The van der Waals surface area contributed by atoms with Crippen LogP contribution in [0.15, 0.2) is 58.3 Å². The van der Waals surface area contributed by atoms with Crippen LogP contribution in [0, 0.1) is 5.82 Å². The normalized spacial score (nSPS) is 15.8. The summed E-state index contributed by atoms with van der Waals surface area (Å²) < 4.78 is 67.2. The third-order valence-electron chi connectivity index (χ3n) is 4.74. The predicted octanol–water partition coefficient (Wildman–Crippen LogP) is 2.57. The molecule has 28 heavy (non-hydrogen) atoms. The van der Waals surface area contributed by atoms with E-state index in [0.717, 1.165) is 43.4 Å². The Hall–Kier alpha value is -1.81. The molecule has 0 atom stereocenters. The van der Waals surface area contributed by atoms with E-state index < -0.39 is 25.9 Å². The third kappa shape index (κ3) is 5.38. The Morgan fingerprint density at radius 2 is 1.36 bits per heavy atom. The van der Waals surface area contributed by atoms with Crippen molar-refractivity contribution in [2.75, 3.05) is 6.54 Å². The maximum Gasteiger partial charge on any atom is 0.240 e. The molecule has 2 aromatic carbocycles. The maximum absolute atomic E-state index is 12.9. The summed E-state index contributed by atoms with van der Waals surface area (Å²) in [5, 5.41) is 0. The maximum atomic E-state index is 12.9. The minimum Gasteiger partial charge on any atom is -0.211 e. The Balaban J connectivity index is 1.56. The number of hydrogen-bond donors (Lipinski definition) is 2. The molecule has 9 heteroatoms. The molecule has 1 aliphatic rings. The summed E-state index contributed by atoms with van der Waals surface area (Å²) >= 11 is 0. The van der Waals surface area contributed by atoms with Crippen molar-refractivity contribution in [1.29, 1.82) is 0 Å². The van der Waals surface area contributed by atoms with Gasteiger partial charge < -0.3 is 0 Å². The van der Waals surface area contributed by atoms with Crippen LogP contribution >= 0.6 is 0 Å². The second kappa shape index (κ2) is 8.69. The molecule has 0 bridgehead atoms. The Bertz CT molecular complexity index is 999. The lowest BCUT2D eigenvalue weighted by atomic mass is 10.2. The summed E-state index contributed by atoms with van der Waals surface area (Å²) in [5.41, 5.74) is 0.807. The van der Waals surface area contributed by atoms with Crippen LogP contribution in [-0.4, -0.2) is 29.4 Å². The molecule has 3 rings (SSSR count). The van der Waals surface area contributed by atoms with E-state index in [1.165, 1.54) is 24.3 Å². The van der Waals surface area contributed by atoms with Gasteiger partial charge in [-0.15, -0.1) is 0 Å². The van der Waals surface area contributed by atoms with Crippen molar-refractivity contribution in [1.82, 2.24) is 9.44 Å². The van der Waals surface area contributed by atoms with E-state index in [9.17, 15) is 21.2 Å². The molecular weight excluding hydrogens is 403 g/mol. The van der Waals surface area contributed by atoms with E-state index in [2.05, 4.69) is 9.44 Å². The van der Waals surface area contributed by atoms with Gasteiger partial charge in [0.05, 0.1) is 9.79 Å². The quantitative estimate of drug-likeness (QED) is 0.679. The summed E-state index contributed by atoms with van der Waals surface area (Å²) in [6, 6.07) is 11.0. The first-order chi connectivity index (χ1) is 13.3. The van der Waals surface area contributed by atoms with Gasteiger partial charge in [0.15, 0.2) is 0 Å². The lowest BCUT2D eigenvalue weighted by Gasteiger charge is -2.13. The van der Waals surface area contributed by atoms with Crippen molar-refractivity contribution in [2.24, 2.45) is 0 Å². The number of benzene rings is 2. The van der Waals surface area contributed by atoms with E-state index in [-0.39, 0.29) is 22.4 Å². The van der Waals surface area contributed by atoms with Crippen LogP contribution in [0.3, 0.4) is 0 Å². The van der Waals surface area contributed by atoms with Gasteiger partial charge in [0.25, 0.3) is 0 Å². The van der Waals surface area contributed by atoms with Crippen molar-refractivity contribution in [2.45, 2.75) is 47.9 Å². The standard InChI is InChI=1S/C19H23FN2O4S2/c20-16-7-11-18(12-8-16)27(23,24)21-14-13-15-5-9-19(10-6-15)28(25,26)22-17-3-1-2-4-17/h5-12,17,21-22H,1-4,13-14H2. The average Bonchev–Trinajstić information content (AvgIpc) is 3.15. The van der Waals surface area contributed by atoms with Crippen LogP contribution in [0.2, 0.25) is 0 Å². The molecule has 0 amide bonds. The molecule has 1 saturated carbocycles. The SMILES string of the molecule is O=S(=O)(NCCc1ccc(S(=O)(=O)NC2CCCC2)cc1)c1ccc(F)cc1. The minimum absolute atomic E-state index is 0.00513. The Morgan fingerprint density at radius 3 is 1.96 bits per heavy atom. The van der Waals surface area contributed by atoms with Gasteiger partial charge in [0.2, 0.25) is 20.0 Å². The summed E-state index contributed by atoms with van der Waals surface area (Å²) in [4.78, 5) is 0.198. The van der Waals surface area contributed by atoms with E-state index in [0.29, 0.717) is 6.42 Å². The van der Waals surface area contributed by atoms with Gasteiger partial charge in [-0.2, -0.15) is 0 Å². The highest BCUT2D eigenvalue weighted by Gasteiger charge is 2.22. The smallest absolute Gasteiger partial charge is 0.211 e. The molecule has 2 N–H and O–H groups in total. The van der Waals surface area contributed by atoms with E-state index in [1.54, 1.807) is 12.1 Å². The molecule has 0 unspecified atom stereocenters. The fourth-order valence-corrected chi connectivity index (χ4v) is 5.53. The first-order valence-corrected chi connectivity index (χ1v) is 12.1. The predicted molar refractivity (Wildman–Crippen MR) is 104 cm³/mol. The molecule has 152 valence electrons. The second-order valence-corrected chi connectivity index (χ2v) is 10.3. The van der Waals surface area contributed by atoms with Crippen LogP contribution in [0.4, 0.5) is 4.39 Å². The van der Waals surface area contributed by atoms with Crippen LogP contribution in [0.1, 0.15) is 31.2 Å². The van der Waals surface area contributed by atoms with E-state index >= 15 is 0 Å². The molecule has 0 radical (unpaired) electrons. The average molecular weight is 427 g/mol. The first-order valence-electron chi connectivity index (χ1n) is 9.13. The topological polar surface area (TPSA) is 92.3 Å². The summed E-state index contributed by atoms with van der Waals surface area (Å²) in [7, 11) is -7.25. The highest BCUT2D eigenvalue weighted by molar-refractivity contribution is 7.89. The highest BCUT2D eigenvalue weighted by Crippen LogP contribution is 2.20. The molecule has 1 fully saturated rings. The zero-order chi connectivity index (χ0) is 20.2. The van der Waals surface area contributed by atoms with Crippen LogP contribution in [-0.2, 0) is 26.5 Å². The number of halogens is 1. The zero-order valence-electron chi connectivity index (χ0n) is 15.3. The number of hydrogen-bond acceptors (Lipinski definition) is 4. The third-order valence-corrected chi connectivity index (χ3v) is 7.75. The largest absolute Gasteiger partial charge is 0.240 e. The van der Waals surface area contributed by atoms with Gasteiger partial charge in [-0.3, -0.25) is 0 Å². The molecule has 6 nitrogen and oxygen atoms in total. The minimum atomic E-state index is -3.71. The summed E-state index contributed by atoms with van der Waals surface area (Å²) in [5.74, 6) is -0.503. The number of sulfonamides is 2. The Kier molecular flexibility index (Phi) is 6.49. The van der Waals surface area contributed by atoms with Crippen LogP contribution < -0.4 is 9.44 Å². The van der Waals surface area contributed by atoms with Gasteiger partial charge in [0.1, 0.15) is 5.82 Å². The molecule has 0 aliphatic heterocycles. The second-order valence-electron chi connectivity index (χ2n) is 6.85. The lowest BCUT2D eigenvalue weighted by Crippen LogP contribution is -2.32. The fraction of sp³-hybridized carbons (Fsp3) is 0.368. The fourth-order valence-electron chi connectivity index (χ4n) is 3.19. The van der Waals surface area contributed by atoms with Crippen molar-refractivity contribution >= 4 is 20.0 Å². The van der Waals surface area contributed by atoms with Crippen LogP contribution in [0.5, 0.6) is 0 Å². The molecular formula is C19H23FN2O4S2. The van der Waals surface area contributed by atoms with Gasteiger partial charge in [-0.1, -0.05) is 25.0 Å². The molecule has 0 spiro atoms. The van der Waals surface area contributed by atoms with Crippen molar-refractivity contribution in [3.63, 3.8) is 0 Å². The van der Waals surface area contributed by atoms with Crippen LogP contribution in [0.25, 0.3) is 0 Å². The molecule has 0 heterocycles. The van der Waals surface area contributed by atoms with Crippen molar-refractivity contribution < 1.29 is 21.2 Å². The van der Waals surface area contributed by atoms with Crippen molar-refractivity contribution in [3.8, 4) is 0 Å². The summed E-state index contributed by atoms with van der Waals surface area (Å²) in [6.07, 6.45) is 4.22. The summed E-state index contributed by atoms with van der Waals surface area (Å²) in [6.45, 7) is 0.145. The Morgan fingerprint density at radius 1 is 0.821 bits per heavy atom. The molecule has 1 aliphatic carbocycles. The first kappa shape index (κ1) is 20.9. The van der Waals surface area contributed by atoms with Gasteiger partial charge >= 0.3 is 0 Å². The van der Waals surface area contributed by atoms with Gasteiger partial charge in [0, 0.05) is 12.6 Å². The lowest BCUT2D eigenvalue weighted by molar-refractivity contribution is 0.552. The number of nitrogens with one attached hydrogen (secondary N) is 2. The van der Waals surface area contributed by atoms with E-state index in [4.69, 9.17) is 0 Å². The molecule has 0 saturated heterocycles. The Labute approximate surface area is 165 Å². The van der Waals surface area contributed by atoms with Gasteiger partial charge in [-0.05, 0) is 61.2 Å². The van der Waals surface area contributed by atoms with E-state index in [1.807, 2.05) is 0 Å². The monoisotopic (exact) mass is 426 g/mol. The highest BCUT2D eigenvalue weighted by atomic mass is 32.2. The van der Waals surface area contributed by atoms with Gasteiger partial charge in [-0.25, -0.2) is 30.7 Å². The molecule has 2 aromatic rings. The molecule has 0 aromatic heterocycles. The number of rotatable bonds is 8. The zero-order valence-corrected chi connectivity index (χ0v) is 16.9. The van der Waals surface area contributed by atoms with Crippen molar-refractivity contribution in [3.05, 3.63) is 59.9 Å².